The fourth-order valence-corrected chi connectivity index (χ4v) is 5.09. The first kappa shape index (κ1) is 21.4. The third kappa shape index (κ3) is 4.66. The number of carbonyl (C=O) groups is 2. The predicted octanol–water partition coefficient (Wildman–Crippen LogP) is 3.86. The van der Waals surface area contributed by atoms with Crippen LogP contribution in [0.25, 0.3) is 0 Å². The van der Waals surface area contributed by atoms with E-state index in [1.54, 1.807) is 0 Å². The zero-order valence-corrected chi connectivity index (χ0v) is 17.3. The van der Waals surface area contributed by atoms with Gasteiger partial charge in [0.1, 0.15) is 11.9 Å². The number of rotatable bonds is 5. The Morgan fingerprint density at radius 2 is 1.83 bits per heavy atom. The average Bonchev–Trinajstić information content (AvgIpc) is 2.70. The van der Waals surface area contributed by atoms with E-state index in [1.165, 1.54) is 43.3 Å². The molecular weight excluding hydrogens is 419 g/mol. The molecular formula is C20H20ClFN2O4S. The molecule has 2 aromatic carbocycles. The first-order valence-electron chi connectivity index (χ1n) is 9.09. The Morgan fingerprint density at radius 3 is 2.48 bits per heavy atom. The minimum atomic E-state index is -3.97. The van der Waals surface area contributed by atoms with Crippen molar-refractivity contribution in [1.29, 1.82) is 0 Å². The summed E-state index contributed by atoms with van der Waals surface area (Å²) in [6, 6.07) is 8.37. The summed E-state index contributed by atoms with van der Waals surface area (Å²) in [5.41, 5.74) is 0.296. The van der Waals surface area contributed by atoms with Crippen molar-refractivity contribution in [3.05, 3.63) is 58.9 Å². The van der Waals surface area contributed by atoms with Gasteiger partial charge in [0, 0.05) is 17.1 Å². The van der Waals surface area contributed by atoms with Gasteiger partial charge < -0.3 is 5.32 Å². The Balaban J connectivity index is 1.87. The van der Waals surface area contributed by atoms with Crippen molar-refractivity contribution in [2.24, 2.45) is 0 Å². The molecule has 1 fully saturated rings. The highest BCUT2D eigenvalue weighted by Crippen LogP contribution is 2.27. The third-order valence-corrected chi connectivity index (χ3v) is 6.97. The monoisotopic (exact) mass is 438 g/mol. The third-order valence-electron chi connectivity index (χ3n) is 4.81. The van der Waals surface area contributed by atoms with Crippen LogP contribution >= 0.6 is 11.6 Å². The number of hydrogen-bond acceptors (Lipinski definition) is 4. The van der Waals surface area contributed by atoms with Crippen molar-refractivity contribution < 1.29 is 22.4 Å². The molecule has 0 aromatic heterocycles. The summed E-state index contributed by atoms with van der Waals surface area (Å²) in [6.45, 7) is 1.57. The SMILES string of the molecule is CC(=O)c1ccc(S(=O)(=O)N2CCCCC2C(=O)Nc2cc(Cl)ccc2F)cc1. The lowest BCUT2D eigenvalue weighted by Gasteiger charge is -2.33. The van der Waals surface area contributed by atoms with E-state index < -0.39 is 27.8 Å². The molecule has 1 atom stereocenters. The summed E-state index contributed by atoms with van der Waals surface area (Å²) in [5, 5.41) is 2.70. The fraction of sp³-hybridized carbons (Fsp3) is 0.300. The van der Waals surface area contributed by atoms with Crippen molar-refractivity contribution >= 4 is 39.0 Å². The highest BCUT2D eigenvalue weighted by atomic mass is 35.5. The van der Waals surface area contributed by atoms with Crippen molar-refractivity contribution in [3.63, 3.8) is 0 Å². The van der Waals surface area contributed by atoms with Crippen LogP contribution in [-0.4, -0.2) is 37.0 Å². The number of amides is 1. The molecule has 1 heterocycles. The van der Waals surface area contributed by atoms with Crippen LogP contribution in [0.4, 0.5) is 10.1 Å². The number of sulfonamides is 1. The molecule has 1 amide bonds. The van der Waals surface area contributed by atoms with Gasteiger partial charge in [-0.3, -0.25) is 9.59 Å². The highest BCUT2D eigenvalue weighted by Gasteiger charge is 2.37. The number of nitrogens with one attached hydrogen (secondary N) is 1. The van der Waals surface area contributed by atoms with E-state index in [9.17, 15) is 22.4 Å². The Bertz CT molecular complexity index is 1040. The van der Waals surface area contributed by atoms with E-state index in [4.69, 9.17) is 11.6 Å². The summed E-state index contributed by atoms with van der Waals surface area (Å²) < 4.78 is 41.3. The first-order valence-corrected chi connectivity index (χ1v) is 10.9. The van der Waals surface area contributed by atoms with E-state index in [2.05, 4.69) is 5.32 Å². The van der Waals surface area contributed by atoms with Gasteiger partial charge in [-0.2, -0.15) is 4.31 Å². The second kappa shape index (κ2) is 8.61. The second-order valence-corrected chi connectivity index (χ2v) is 9.15. The van der Waals surface area contributed by atoms with Crippen molar-refractivity contribution in [2.75, 3.05) is 11.9 Å². The van der Waals surface area contributed by atoms with Gasteiger partial charge in [-0.1, -0.05) is 30.2 Å². The molecule has 0 radical (unpaired) electrons. The molecule has 154 valence electrons. The van der Waals surface area contributed by atoms with Gasteiger partial charge in [-0.05, 0) is 50.1 Å². The lowest BCUT2D eigenvalue weighted by molar-refractivity contribution is -0.120. The number of piperidine rings is 1. The van der Waals surface area contributed by atoms with Gasteiger partial charge in [0.05, 0.1) is 10.6 Å². The lowest BCUT2D eigenvalue weighted by Crippen LogP contribution is -2.49. The quantitative estimate of drug-likeness (QED) is 0.718. The molecule has 9 heteroatoms. The average molecular weight is 439 g/mol. The van der Waals surface area contributed by atoms with Crippen molar-refractivity contribution in [3.8, 4) is 0 Å². The van der Waals surface area contributed by atoms with Crippen LogP contribution in [-0.2, 0) is 14.8 Å². The van der Waals surface area contributed by atoms with Crippen LogP contribution in [0.5, 0.6) is 0 Å². The summed E-state index contributed by atoms with van der Waals surface area (Å²) in [7, 11) is -3.97. The molecule has 1 unspecified atom stereocenters. The number of hydrogen-bond donors (Lipinski definition) is 1. The normalized spacial score (nSPS) is 17.7. The summed E-state index contributed by atoms with van der Waals surface area (Å²) in [5.74, 6) is -1.45. The first-order chi connectivity index (χ1) is 13.7. The second-order valence-electron chi connectivity index (χ2n) is 6.82. The number of carbonyl (C=O) groups excluding carboxylic acids is 2. The Hall–Kier alpha value is -2.29. The van der Waals surface area contributed by atoms with E-state index in [1.807, 2.05) is 0 Å². The van der Waals surface area contributed by atoms with E-state index in [-0.39, 0.29) is 27.9 Å². The largest absolute Gasteiger partial charge is 0.322 e. The van der Waals surface area contributed by atoms with Crippen LogP contribution < -0.4 is 5.32 Å². The number of halogens is 2. The maximum atomic E-state index is 14.0. The standard InChI is InChI=1S/C20H20ClFN2O4S/c1-13(25)14-5-8-16(9-6-14)29(27,28)24-11-3-2-4-19(24)20(26)23-18-12-15(21)7-10-17(18)22/h5-10,12,19H,2-4,11H2,1H3,(H,23,26). The molecule has 1 N–H and O–H groups in total. The van der Waals surface area contributed by atoms with Crippen LogP contribution in [0.2, 0.25) is 5.02 Å². The topological polar surface area (TPSA) is 83.6 Å². The fourth-order valence-electron chi connectivity index (χ4n) is 3.26. The van der Waals surface area contributed by atoms with Gasteiger partial charge in [0.2, 0.25) is 15.9 Å². The highest BCUT2D eigenvalue weighted by molar-refractivity contribution is 7.89. The van der Waals surface area contributed by atoms with E-state index in [0.717, 1.165) is 10.4 Å². The molecule has 6 nitrogen and oxygen atoms in total. The molecule has 1 saturated heterocycles. The van der Waals surface area contributed by atoms with Crippen LogP contribution in [0.3, 0.4) is 0 Å². The van der Waals surface area contributed by atoms with Gasteiger partial charge in [0.25, 0.3) is 0 Å². The van der Waals surface area contributed by atoms with Crippen LogP contribution in [0.1, 0.15) is 36.5 Å². The van der Waals surface area contributed by atoms with Crippen molar-refractivity contribution in [2.45, 2.75) is 37.1 Å². The molecule has 0 aliphatic carbocycles. The summed E-state index contributed by atoms with van der Waals surface area (Å²) in [6.07, 6.45) is 1.60. The van der Waals surface area contributed by atoms with Crippen LogP contribution in [0, 0.1) is 5.82 Å². The van der Waals surface area contributed by atoms with Gasteiger partial charge in [-0.25, -0.2) is 12.8 Å². The zero-order valence-electron chi connectivity index (χ0n) is 15.7. The number of nitrogens with zero attached hydrogens (tertiary/aromatic N) is 1. The maximum absolute atomic E-state index is 14.0. The number of benzene rings is 2. The molecule has 3 rings (SSSR count). The number of anilines is 1. The molecule has 0 saturated carbocycles. The van der Waals surface area contributed by atoms with Crippen molar-refractivity contribution in [1.82, 2.24) is 4.31 Å². The smallest absolute Gasteiger partial charge is 0.243 e. The Kier molecular flexibility index (Phi) is 6.36. The molecule has 2 aromatic rings. The maximum Gasteiger partial charge on any atom is 0.243 e. The number of ketones is 1. The lowest BCUT2D eigenvalue weighted by atomic mass is 10.0. The summed E-state index contributed by atoms with van der Waals surface area (Å²) >= 11 is 5.85. The van der Waals surface area contributed by atoms with Gasteiger partial charge >= 0.3 is 0 Å². The minimum Gasteiger partial charge on any atom is -0.322 e. The predicted molar refractivity (Wildman–Crippen MR) is 108 cm³/mol. The molecule has 0 bridgehead atoms. The minimum absolute atomic E-state index is 0.00358. The molecule has 1 aliphatic heterocycles. The number of Topliss-reactive ketones (excluding diaryl/α,β-unsaturated/α-hetero) is 1. The van der Waals surface area contributed by atoms with Crippen LogP contribution in [0.15, 0.2) is 47.4 Å². The van der Waals surface area contributed by atoms with E-state index >= 15 is 0 Å². The Labute approximate surface area is 173 Å². The molecule has 1 aliphatic rings. The zero-order chi connectivity index (χ0) is 21.2. The van der Waals surface area contributed by atoms with Gasteiger partial charge in [0.15, 0.2) is 5.78 Å². The van der Waals surface area contributed by atoms with E-state index in [0.29, 0.717) is 24.8 Å². The van der Waals surface area contributed by atoms with Gasteiger partial charge in [-0.15, -0.1) is 0 Å². The summed E-state index contributed by atoms with van der Waals surface area (Å²) in [4.78, 5) is 24.2. The molecule has 0 spiro atoms. The Morgan fingerprint density at radius 1 is 1.14 bits per heavy atom. The molecule has 29 heavy (non-hydrogen) atoms.